The van der Waals surface area contributed by atoms with Crippen LogP contribution in [0.3, 0.4) is 0 Å². The predicted molar refractivity (Wildman–Crippen MR) is 127 cm³/mol. The van der Waals surface area contributed by atoms with Gasteiger partial charge in [0.25, 0.3) is 0 Å². The molecule has 4 heterocycles. The summed E-state index contributed by atoms with van der Waals surface area (Å²) < 4.78 is 0. The molecule has 0 atom stereocenters. The molecule has 5 heteroatoms. The first-order valence-corrected chi connectivity index (χ1v) is 11.1. The zero-order valence-electron chi connectivity index (χ0n) is 18.7. The lowest BCUT2D eigenvalue weighted by Gasteiger charge is -2.30. The number of hydrogen-bond acceptors (Lipinski definition) is 5. The van der Waals surface area contributed by atoms with Crippen LogP contribution in [0.4, 0.5) is 0 Å². The molecule has 0 fully saturated rings. The number of pyridine rings is 4. The molecule has 32 heavy (non-hydrogen) atoms. The first-order valence-electron chi connectivity index (χ1n) is 11.1. The third-order valence-corrected chi connectivity index (χ3v) is 5.24. The lowest BCUT2D eigenvalue weighted by molar-refractivity contribution is 0.195. The Labute approximate surface area is 190 Å². The van der Waals surface area contributed by atoms with Crippen molar-refractivity contribution in [3.05, 3.63) is 120 Å². The minimum absolute atomic E-state index is 0.116. The molecular weight excluding hydrogens is 394 g/mol. The molecule has 0 saturated carbocycles. The van der Waals surface area contributed by atoms with E-state index in [9.17, 15) is 0 Å². The molecule has 5 nitrogen and oxygen atoms in total. The maximum atomic E-state index is 4.96. The van der Waals surface area contributed by atoms with E-state index in [-0.39, 0.29) is 6.04 Å². The van der Waals surface area contributed by atoms with E-state index in [0.717, 1.165) is 34.9 Å². The zero-order valence-corrected chi connectivity index (χ0v) is 18.7. The van der Waals surface area contributed by atoms with E-state index < -0.39 is 0 Å². The van der Waals surface area contributed by atoms with Crippen LogP contribution in [0.2, 0.25) is 0 Å². The molecule has 0 aliphatic carbocycles. The minimum atomic E-state index is -0.116. The van der Waals surface area contributed by atoms with Crippen molar-refractivity contribution >= 4 is 0 Å². The van der Waals surface area contributed by atoms with Crippen LogP contribution in [-0.4, -0.2) is 24.8 Å². The first kappa shape index (κ1) is 21.8. The van der Waals surface area contributed by atoms with Crippen LogP contribution < -0.4 is 0 Å². The molecule has 0 N–H and O–H groups in total. The number of nitrogens with zero attached hydrogens (tertiary/aromatic N) is 5. The van der Waals surface area contributed by atoms with Crippen molar-refractivity contribution in [3.63, 3.8) is 0 Å². The molecule has 0 bridgehead atoms. The Bertz CT molecular complexity index is 1050. The normalized spacial score (nSPS) is 11.4. The fourth-order valence-corrected chi connectivity index (χ4v) is 3.90. The first-order chi connectivity index (χ1) is 15.7. The van der Waals surface area contributed by atoms with Gasteiger partial charge in [-0.15, -0.1) is 0 Å². The van der Waals surface area contributed by atoms with Gasteiger partial charge in [-0.05, 0) is 60.9 Å². The molecule has 0 saturated heterocycles. The van der Waals surface area contributed by atoms with Gasteiger partial charge in [-0.1, -0.05) is 38.1 Å². The van der Waals surface area contributed by atoms with E-state index in [0.29, 0.717) is 19.0 Å². The van der Waals surface area contributed by atoms with E-state index in [1.807, 2.05) is 55.0 Å². The van der Waals surface area contributed by atoms with Gasteiger partial charge in [-0.3, -0.25) is 24.8 Å². The van der Waals surface area contributed by atoms with Gasteiger partial charge in [0.15, 0.2) is 0 Å². The van der Waals surface area contributed by atoms with Gasteiger partial charge < -0.3 is 0 Å². The number of aromatic nitrogens is 4. The molecular formula is C27H29N5. The molecule has 0 unspecified atom stereocenters. The second kappa shape index (κ2) is 10.7. The monoisotopic (exact) mass is 423 g/mol. The number of rotatable bonds is 9. The summed E-state index contributed by atoms with van der Waals surface area (Å²) in [7, 11) is 0. The third kappa shape index (κ3) is 5.83. The topological polar surface area (TPSA) is 54.8 Å². The predicted octanol–water partition coefficient (Wildman–Crippen LogP) is 5.26. The van der Waals surface area contributed by atoms with Crippen molar-refractivity contribution in [1.82, 2.24) is 24.8 Å². The summed E-state index contributed by atoms with van der Waals surface area (Å²) >= 11 is 0. The quantitative estimate of drug-likeness (QED) is 0.368. The highest BCUT2D eigenvalue weighted by Gasteiger charge is 2.26. The molecule has 4 rings (SSSR count). The largest absolute Gasteiger partial charge is 0.278 e. The highest BCUT2D eigenvalue weighted by Crippen LogP contribution is 2.28. The second-order valence-corrected chi connectivity index (χ2v) is 8.36. The molecule has 4 aromatic rings. The molecule has 0 radical (unpaired) electrons. The summed E-state index contributed by atoms with van der Waals surface area (Å²) in [6.45, 7) is 5.77. The molecule has 0 aromatic carbocycles. The smallest absolute Gasteiger partial charge is 0.0956 e. The molecule has 0 amide bonds. The third-order valence-electron chi connectivity index (χ3n) is 5.24. The standard InChI is InChI=1S/C27H29N5/c1-21(2)18-22-11-9-12-24(31-22)20-32(19-23-10-3-6-15-28-23)27(25-13-4-7-16-29-25)26-14-5-8-17-30-26/h3-17,21,27H,18-20H2,1-2H3. The lowest BCUT2D eigenvalue weighted by atomic mass is 10.0. The van der Waals surface area contributed by atoms with Crippen LogP contribution >= 0.6 is 0 Å². The number of hydrogen-bond donors (Lipinski definition) is 0. The van der Waals surface area contributed by atoms with E-state index in [4.69, 9.17) is 15.0 Å². The van der Waals surface area contributed by atoms with Crippen LogP contribution in [-0.2, 0) is 19.5 Å². The van der Waals surface area contributed by atoms with Gasteiger partial charge in [0, 0.05) is 37.4 Å². The van der Waals surface area contributed by atoms with Crippen LogP contribution in [0.5, 0.6) is 0 Å². The van der Waals surface area contributed by atoms with Crippen molar-refractivity contribution in [1.29, 1.82) is 0 Å². The van der Waals surface area contributed by atoms with Crippen molar-refractivity contribution < 1.29 is 0 Å². The Morgan fingerprint density at radius 2 is 1.19 bits per heavy atom. The Kier molecular flexibility index (Phi) is 7.31. The average molecular weight is 424 g/mol. The van der Waals surface area contributed by atoms with E-state index >= 15 is 0 Å². The summed E-state index contributed by atoms with van der Waals surface area (Å²) in [4.78, 5) is 21.3. The highest BCUT2D eigenvalue weighted by molar-refractivity contribution is 5.23. The van der Waals surface area contributed by atoms with Crippen molar-refractivity contribution in [3.8, 4) is 0 Å². The maximum Gasteiger partial charge on any atom is 0.0956 e. The fraction of sp³-hybridized carbons (Fsp3) is 0.259. The van der Waals surface area contributed by atoms with Crippen LogP contribution in [0.25, 0.3) is 0 Å². The molecule has 0 aliphatic heterocycles. The van der Waals surface area contributed by atoms with Crippen molar-refractivity contribution in [2.24, 2.45) is 5.92 Å². The zero-order chi connectivity index (χ0) is 22.2. The van der Waals surface area contributed by atoms with Crippen LogP contribution in [0.1, 0.15) is 48.4 Å². The van der Waals surface area contributed by atoms with Crippen LogP contribution in [0, 0.1) is 5.92 Å². The summed E-state index contributed by atoms with van der Waals surface area (Å²) in [6.07, 6.45) is 6.49. The van der Waals surface area contributed by atoms with Gasteiger partial charge >= 0.3 is 0 Å². The average Bonchev–Trinajstić information content (AvgIpc) is 2.81. The van der Waals surface area contributed by atoms with E-state index in [1.165, 1.54) is 0 Å². The van der Waals surface area contributed by atoms with Crippen LogP contribution in [0.15, 0.2) is 91.4 Å². The van der Waals surface area contributed by atoms with Gasteiger partial charge in [-0.25, -0.2) is 0 Å². The second-order valence-electron chi connectivity index (χ2n) is 8.36. The van der Waals surface area contributed by atoms with Crippen molar-refractivity contribution in [2.45, 2.75) is 39.4 Å². The van der Waals surface area contributed by atoms with Gasteiger partial charge in [-0.2, -0.15) is 0 Å². The van der Waals surface area contributed by atoms with Crippen molar-refractivity contribution in [2.75, 3.05) is 0 Å². The van der Waals surface area contributed by atoms with Gasteiger partial charge in [0.1, 0.15) is 0 Å². The molecule has 162 valence electrons. The van der Waals surface area contributed by atoms with E-state index in [2.05, 4.69) is 60.1 Å². The summed E-state index contributed by atoms with van der Waals surface area (Å²) in [6, 6.07) is 24.3. The SMILES string of the molecule is CC(C)Cc1cccc(CN(Cc2ccccn2)C(c2ccccn2)c2ccccn2)n1. The molecule has 0 aliphatic rings. The van der Waals surface area contributed by atoms with Gasteiger partial charge in [0.05, 0.1) is 28.8 Å². The Hall–Kier alpha value is -3.44. The summed E-state index contributed by atoms with van der Waals surface area (Å²) in [5, 5.41) is 0. The lowest BCUT2D eigenvalue weighted by Crippen LogP contribution is -2.31. The fourth-order valence-electron chi connectivity index (χ4n) is 3.90. The highest BCUT2D eigenvalue weighted by atomic mass is 15.2. The Morgan fingerprint density at radius 3 is 1.75 bits per heavy atom. The van der Waals surface area contributed by atoms with Gasteiger partial charge in [0.2, 0.25) is 0 Å². The Balaban J connectivity index is 1.73. The minimum Gasteiger partial charge on any atom is -0.278 e. The van der Waals surface area contributed by atoms with E-state index in [1.54, 1.807) is 0 Å². The molecule has 0 spiro atoms. The molecule has 4 aromatic heterocycles. The Morgan fingerprint density at radius 1 is 0.625 bits per heavy atom. The maximum absolute atomic E-state index is 4.96. The summed E-state index contributed by atoms with van der Waals surface area (Å²) in [5.41, 5.74) is 5.09. The summed E-state index contributed by atoms with van der Waals surface area (Å²) in [5.74, 6) is 0.567.